The normalized spacial score (nSPS) is 10.1. The largest absolute Gasteiger partial charge is 0.493 e. The third-order valence-electron chi connectivity index (χ3n) is 2.61. The molecule has 0 radical (unpaired) electrons. The molecule has 100 valence electrons. The van der Waals surface area contributed by atoms with E-state index in [1.165, 1.54) is 0 Å². The van der Waals surface area contributed by atoms with Crippen LogP contribution in [0.1, 0.15) is 16.3 Å². The maximum atomic E-state index is 11.9. The van der Waals surface area contributed by atoms with Crippen molar-refractivity contribution in [2.24, 2.45) is 0 Å². The highest BCUT2D eigenvalue weighted by atomic mass is 16.5. The number of aryl methyl sites for hydroxylation is 1. The molecule has 2 rings (SSSR count). The van der Waals surface area contributed by atoms with E-state index in [-0.39, 0.29) is 11.7 Å². The van der Waals surface area contributed by atoms with Gasteiger partial charge in [0.05, 0.1) is 14.2 Å². The van der Waals surface area contributed by atoms with Gasteiger partial charge in [-0.15, -0.1) is 0 Å². The second-order valence-corrected chi connectivity index (χ2v) is 3.93. The van der Waals surface area contributed by atoms with E-state index in [1.807, 2.05) is 0 Å². The number of furan rings is 1. The van der Waals surface area contributed by atoms with E-state index in [4.69, 9.17) is 13.9 Å². The van der Waals surface area contributed by atoms with Gasteiger partial charge in [-0.25, -0.2) is 0 Å². The van der Waals surface area contributed by atoms with Crippen molar-refractivity contribution < 1.29 is 18.7 Å². The van der Waals surface area contributed by atoms with E-state index in [2.05, 4.69) is 5.32 Å². The molecule has 0 unspecified atom stereocenters. The highest BCUT2D eigenvalue weighted by Gasteiger charge is 2.11. The zero-order chi connectivity index (χ0) is 13.8. The minimum Gasteiger partial charge on any atom is -0.493 e. The molecule has 2 aromatic rings. The number of benzene rings is 1. The molecule has 0 saturated heterocycles. The highest BCUT2D eigenvalue weighted by molar-refractivity contribution is 6.02. The van der Waals surface area contributed by atoms with Gasteiger partial charge in [0.2, 0.25) is 0 Å². The van der Waals surface area contributed by atoms with Crippen LogP contribution in [0.3, 0.4) is 0 Å². The molecule has 0 bridgehead atoms. The predicted octanol–water partition coefficient (Wildman–Crippen LogP) is 2.86. The SMILES string of the molecule is COc1ccc(NC(=O)c2ccc(C)o2)cc1OC. The Labute approximate surface area is 111 Å². The Morgan fingerprint density at radius 1 is 1.11 bits per heavy atom. The summed E-state index contributed by atoms with van der Waals surface area (Å²) in [4.78, 5) is 11.9. The van der Waals surface area contributed by atoms with Crippen LogP contribution in [0.25, 0.3) is 0 Å². The number of ether oxygens (including phenoxy) is 2. The lowest BCUT2D eigenvalue weighted by atomic mass is 10.2. The zero-order valence-corrected chi connectivity index (χ0v) is 11.0. The molecule has 0 aliphatic heterocycles. The molecule has 0 fully saturated rings. The van der Waals surface area contributed by atoms with Crippen LogP contribution in [0.2, 0.25) is 0 Å². The monoisotopic (exact) mass is 261 g/mol. The molecule has 1 amide bonds. The first kappa shape index (κ1) is 13.0. The molecule has 0 atom stereocenters. The fourth-order valence-electron chi connectivity index (χ4n) is 1.66. The lowest BCUT2D eigenvalue weighted by Gasteiger charge is -2.09. The molecule has 1 aromatic heterocycles. The molecular weight excluding hydrogens is 246 g/mol. The van der Waals surface area contributed by atoms with Gasteiger partial charge in [0, 0.05) is 11.8 Å². The molecule has 5 nitrogen and oxygen atoms in total. The van der Waals surface area contributed by atoms with Crippen molar-refractivity contribution in [3.8, 4) is 11.5 Å². The quantitative estimate of drug-likeness (QED) is 0.919. The van der Waals surface area contributed by atoms with Crippen molar-refractivity contribution in [1.29, 1.82) is 0 Å². The highest BCUT2D eigenvalue weighted by Crippen LogP contribution is 2.29. The summed E-state index contributed by atoms with van der Waals surface area (Å²) in [6.45, 7) is 1.78. The van der Waals surface area contributed by atoms with Gasteiger partial charge in [0.1, 0.15) is 5.76 Å². The first-order valence-corrected chi connectivity index (χ1v) is 5.74. The van der Waals surface area contributed by atoms with Gasteiger partial charge in [-0.3, -0.25) is 4.79 Å². The number of anilines is 1. The fraction of sp³-hybridized carbons (Fsp3) is 0.214. The fourth-order valence-corrected chi connectivity index (χ4v) is 1.66. The Bertz CT molecular complexity index is 589. The molecule has 1 heterocycles. The molecule has 19 heavy (non-hydrogen) atoms. The van der Waals surface area contributed by atoms with Crippen LogP contribution in [0.4, 0.5) is 5.69 Å². The Morgan fingerprint density at radius 3 is 2.42 bits per heavy atom. The lowest BCUT2D eigenvalue weighted by Crippen LogP contribution is -2.10. The average molecular weight is 261 g/mol. The molecule has 5 heteroatoms. The Morgan fingerprint density at radius 2 is 1.84 bits per heavy atom. The van der Waals surface area contributed by atoms with Gasteiger partial charge < -0.3 is 19.2 Å². The van der Waals surface area contributed by atoms with E-state index in [0.717, 1.165) is 0 Å². The summed E-state index contributed by atoms with van der Waals surface area (Å²) in [6, 6.07) is 8.51. The van der Waals surface area contributed by atoms with Crippen molar-refractivity contribution in [2.45, 2.75) is 6.92 Å². The van der Waals surface area contributed by atoms with Crippen molar-refractivity contribution in [1.82, 2.24) is 0 Å². The van der Waals surface area contributed by atoms with Crippen LogP contribution in [0.5, 0.6) is 11.5 Å². The number of rotatable bonds is 4. The summed E-state index contributed by atoms with van der Waals surface area (Å²) in [6.07, 6.45) is 0. The molecular formula is C14H15NO4. The van der Waals surface area contributed by atoms with Crippen LogP contribution in [-0.2, 0) is 0 Å². The van der Waals surface area contributed by atoms with Gasteiger partial charge in [-0.2, -0.15) is 0 Å². The Balaban J connectivity index is 2.17. The van der Waals surface area contributed by atoms with Crippen molar-refractivity contribution >= 4 is 11.6 Å². The summed E-state index contributed by atoms with van der Waals surface area (Å²) in [7, 11) is 3.10. The summed E-state index contributed by atoms with van der Waals surface area (Å²) in [5.74, 6) is 1.82. The first-order chi connectivity index (χ1) is 9.13. The minimum atomic E-state index is -0.305. The number of methoxy groups -OCH3 is 2. The van der Waals surface area contributed by atoms with E-state index in [0.29, 0.717) is 22.9 Å². The second-order valence-electron chi connectivity index (χ2n) is 3.93. The molecule has 0 aliphatic rings. The number of nitrogens with one attached hydrogen (secondary N) is 1. The van der Waals surface area contributed by atoms with E-state index in [9.17, 15) is 4.79 Å². The van der Waals surface area contributed by atoms with E-state index in [1.54, 1.807) is 51.5 Å². The van der Waals surface area contributed by atoms with Crippen LogP contribution in [0.15, 0.2) is 34.7 Å². The lowest BCUT2D eigenvalue weighted by molar-refractivity contribution is 0.0995. The maximum absolute atomic E-state index is 11.9. The average Bonchev–Trinajstić information content (AvgIpc) is 2.85. The minimum absolute atomic E-state index is 0.271. The maximum Gasteiger partial charge on any atom is 0.291 e. The predicted molar refractivity (Wildman–Crippen MR) is 70.9 cm³/mol. The Hall–Kier alpha value is -2.43. The summed E-state index contributed by atoms with van der Waals surface area (Å²) < 4.78 is 15.5. The van der Waals surface area contributed by atoms with Crippen LogP contribution < -0.4 is 14.8 Å². The number of carbonyl (C=O) groups excluding carboxylic acids is 1. The molecule has 1 N–H and O–H groups in total. The third-order valence-corrected chi connectivity index (χ3v) is 2.61. The van der Waals surface area contributed by atoms with Crippen molar-refractivity contribution in [3.05, 3.63) is 41.9 Å². The van der Waals surface area contributed by atoms with Gasteiger partial charge in [0.25, 0.3) is 5.91 Å². The van der Waals surface area contributed by atoms with Crippen LogP contribution in [0, 0.1) is 6.92 Å². The van der Waals surface area contributed by atoms with Gasteiger partial charge in [0.15, 0.2) is 17.3 Å². The smallest absolute Gasteiger partial charge is 0.291 e. The van der Waals surface area contributed by atoms with E-state index < -0.39 is 0 Å². The first-order valence-electron chi connectivity index (χ1n) is 5.74. The van der Waals surface area contributed by atoms with E-state index >= 15 is 0 Å². The second kappa shape index (κ2) is 5.48. The summed E-state index contributed by atoms with van der Waals surface area (Å²) >= 11 is 0. The zero-order valence-electron chi connectivity index (χ0n) is 11.0. The van der Waals surface area contributed by atoms with Gasteiger partial charge in [-0.1, -0.05) is 0 Å². The standard InChI is InChI=1S/C14H15NO4/c1-9-4-6-12(19-9)14(16)15-10-5-7-11(17-2)13(8-10)18-3/h4-8H,1-3H3,(H,15,16). The third kappa shape index (κ3) is 2.88. The van der Waals surface area contributed by atoms with Crippen LogP contribution >= 0.6 is 0 Å². The van der Waals surface area contributed by atoms with Crippen LogP contribution in [-0.4, -0.2) is 20.1 Å². The number of amides is 1. The van der Waals surface area contributed by atoms with Crippen molar-refractivity contribution in [2.75, 3.05) is 19.5 Å². The molecule has 1 aromatic carbocycles. The number of carbonyl (C=O) groups is 1. The molecule has 0 aliphatic carbocycles. The van der Waals surface area contributed by atoms with Crippen molar-refractivity contribution in [3.63, 3.8) is 0 Å². The summed E-state index contributed by atoms with van der Waals surface area (Å²) in [5, 5.41) is 2.73. The number of hydrogen-bond acceptors (Lipinski definition) is 4. The summed E-state index contributed by atoms with van der Waals surface area (Å²) in [5.41, 5.74) is 0.608. The topological polar surface area (TPSA) is 60.7 Å². The Kier molecular flexibility index (Phi) is 3.75. The molecule has 0 saturated carbocycles. The van der Waals surface area contributed by atoms with Gasteiger partial charge in [-0.05, 0) is 31.2 Å². The van der Waals surface area contributed by atoms with Gasteiger partial charge >= 0.3 is 0 Å². The number of hydrogen-bond donors (Lipinski definition) is 1. The molecule has 0 spiro atoms.